The van der Waals surface area contributed by atoms with Gasteiger partial charge in [0.25, 0.3) is 5.91 Å². The van der Waals surface area contributed by atoms with Gasteiger partial charge in [0.2, 0.25) is 0 Å². The number of halogens is 1. The molecule has 2 aromatic rings. The molecule has 0 aliphatic carbocycles. The van der Waals surface area contributed by atoms with Crippen molar-refractivity contribution >= 4 is 29.4 Å². The molecule has 0 fully saturated rings. The maximum absolute atomic E-state index is 12.8. The lowest BCUT2D eigenvalue weighted by molar-refractivity contribution is -0.159. The summed E-state index contributed by atoms with van der Waals surface area (Å²) in [6.45, 7) is 2.76. The third kappa shape index (κ3) is 8.65. The number of aliphatic carboxylic acids is 2. The second-order valence-electron chi connectivity index (χ2n) is 6.91. The molecule has 0 bridgehead atoms. The van der Waals surface area contributed by atoms with Gasteiger partial charge in [-0.2, -0.15) is 0 Å². The molecule has 1 amide bonds. The van der Waals surface area contributed by atoms with Gasteiger partial charge in [-0.3, -0.25) is 4.79 Å². The summed E-state index contributed by atoms with van der Waals surface area (Å²) in [5, 5.41) is 18.6. The number of carboxylic acid groups (broad SMARTS) is 2. The molecular formula is C22H27ClN2O6. The molecule has 0 aromatic heterocycles. The van der Waals surface area contributed by atoms with Crippen molar-refractivity contribution in [2.45, 2.75) is 19.4 Å². The zero-order valence-electron chi connectivity index (χ0n) is 17.9. The van der Waals surface area contributed by atoms with E-state index in [0.717, 1.165) is 24.1 Å². The lowest BCUT2D eigenvalue weighted by atomic mass is 10.0. The normalized spacial score (nSPS) is 11.2. The number of benzene rings is 2. The fourth-order valence-corrected chi connectivity index (χ4v) is 2.85. The van der Waals surface area contributed by atoms with Crippen LogP contribution in [-0.2, 0) is 9.59 Å². The smallest absolute Gasteiger partial charge is 0.414 e. The van der Waals surface area contributed by atoms with Crippen molar-refractivity contribution in [1.82, 2.24) is 10.2 Å². The number of hydrogen-bond acceptors (Lipinski definition) is 5. The Morgan fingerprint density at radius 3 is 2.13 bits per heavy atom. The Hall–Kier alpha value is -3.10. The molecule has 2 rings (SSSR count). The monoisotopic (exact) mass is 450 g/mol. The third-order valence-corrected chi connectivity index (χ3v) is 4.63. The van der Waals surface area contributed by atoms with E-state index in [2.05, 4.69) is 10.2 Å². The number of carbonyl (C=O) groups is 3. The lowest BCUT2D eigenvalue weighted by Crippen LogP contribution is -2.31. The molecule has 0 saturated carbocycles. The number of hydrogen-bond donors (Lipinski definition) is 3. The van der Waals surface area contributed by atoms with Gasteiger partial charge in [-0.05, 0) is 63.8 Å². The van der Waals surface area contributed by atoms with E-state index in [1.807, 2.05) is 63.5 Å². The van der Waals surface area contributed by atoms with E-state index in [4.69, 9.17) is 36.1 Å². The van der Waals surface area contributed by atoms with Gasteiger partial charge in [0.15, 0.2) is 0 Å². The number of carboxylic acids is 2. The molecular weight excluding hydrogens is 424 g/mol. The van der Waals surface area contributed by atoms with Gasteiger partial charge in [-0.25, -0.2) is 9.59 Å². The maximum atomic E-state index is 12.8. The Labute approximate surface area is 186 Å². The first kappa shape index (κ1) is 25.9. The summed E-state index contributed by atoms with van der Waals surface area (Å²) < 4.78 is 5.32. The number of rotatable bonds is 7. The minimum absolute atomic E-state index is 0.0854. The van der Waals surface area contributed by atoms with Crippen LogP contribution in [0.5, 0.6) is 5.75 Å². The summed E-state index contributed by atoms with van der Waals surface area (Å²) in [6, 6.07) is 13.0. The summed E-state index contributed by atoms with van der Waals surface area (Å²) in [7, 11) is 5.65. The number of nitrogens with zero attached hydrogens (tertiary/aromatic N) is 1. The second kappa shape index (κ2) is 12.6. The van der Waals surface area contributed by atoms with Crippen LogP contribution in [0.25, 0.3) is 0 Å². The predicted molar refractivity (Wildman–Crippen MR) is 118 cm³/mol. The Kier molecular flexibility index (Phi) is 10.5. The topological polar surface area (TPSA) is 116 Å². The van der Waals surface area contributed by atoms with Crippen LogP contribution in [0.15, 0.2) is 42.5 Å². The van der Waals surface area contributed by atoms with Crippen molar-refractivity contribution in [3.05, 3.63) is 64.2 Å². The molecule has 0 aliphatic rings. The maximum Gasteiger partial charge on any atom is 0.414 e. The highest BCUT2D eigenvalue weighted by Crippen LogP contribution is 2.24. The van der Waals surface area contributed by atoms with Crippen molar-refractivity contribution in [1.29, 1.82) is 0 Å². The van der Waals surface area contributed by atoms with Crippen LogP contribution in [0.1, 0.15) is 33.9 Å². The molecule has 8 nitrogen and oxygen atoms in total. The van der Waals surface area contributed by atoms with Gasteiger partial charge in [0.05, 0.1) is 13.2 Å². The van der Waals surface area contributed by atoms with E-state index in [1.165, 1.54) is 0 Å². The Morgan fingerprint density at radius 2 is 1.65 bits per heavy atom. The fraction of sp³-hybridized carbons (Fsp3) is 0.318. The molecule has 0 radical (unpaired) electrons. The Balaban J connectivity index is 0.000000703. The first-order valence-electron chi connectivity index (χ1n) is 9.37. The minimum Gasteiger partial charge on any atom is -0.496 e. The highest BCUT2D eigenvalue weighted by Gasteiger charge is 2.18. The van der Waals surface area contributed by atoms with Gasteiger partial charge in [0, 0.05) is 16.1 Å². The molecule has 1 atom stereocenters. The van der Waals surface area contributed by atoms with Crippen LogP contribution in [0.4, 0.5) is 0 Å². The van der Waals surface area contributed by atoms with Crippen molar-refractivity contribution in [3.8, 4) is 5.75 Å². The molecule has 0 aliphatic heterocycles. The lowest BCUT2D eigenvalue weighted by Gasteiger charge is -2.22. The molecule has 0 spiro atoms. The van der Waals surface area contributed by atoms with E-state index in [0.29, 0.717) is 16.3 Å². The van der Waals surface area contributed by atoms with E-state index in [9.17, 15) is 4.79 Å². The molecule has 0 saturated heterocycles. The van der Waals surface area contributed by atoms with E-state index < -0.39 is 11.9 Å². The number of ether oxygens (including phenoxy) is 1. The summed E-state index contributed by atoms with van der Waals surface area (Å²) in [5.74, 6) is -3.04. The first-order chi connectivity index (χ1) is 14.6. The number of carbonyl (C=O) groups excluding carboxylic acids is 1. The van der Waals surface area contributed by atoms with Crippen molar-refractivity contribution in [2.24, 2.45) is 0 Å². The van der Waals surface area contributed by atoms with Crippen LogP contribution < -0.4 is 10.1 Å². The molecule has 0 heterocycles. The van der Waals surface area contributed by atoms with E-state index in [-0.39, 0.29) is 11.9 Å². The number of amides is 1. The molecule has 2 aromatic carbocycles. The van der Waals surface area contributed by atoms with Gasteiger partial charge in [-0.15, -0.1) is 0 Å². The zero-order chi connectivity index (χ0) is 23.6. The van der Waals surface area contributed by atoms with Crippen molar-refractivity contribution < 1.29 is 29.3 Å². The summed E-state index contributed by atoms with van der Waals surface area (Å²) >= 11 is 5.99. The summed E-state index contributed by atoms with van der Waals surface area (Å²) in [4.78, 5) is 33.1. The molecule has 1 unspecified atom stereocenters. The summed E-state index contributed by atoms with van der Waals surface area (Å²) in [5.41, 5.74) is 2.51. The Bertz CT molecular complexity index is 887. The number of nitrogens with one attached hydrogen (secondary N) is 1. The SMILES string of the molecule is COc1cccc(C(=O)NC(CCN(C)C)c2ccc(Cl)cc2)c1C.O=C(O)C(=O)O. The van der Waals surface area contributed by atoms with Gasteiger partial charge >= 0.3 is 11.9 Å². The van der Waals surface area contributed by atoms with Gasteiger partial charge in [-0.1, -0.05) is 29.8 Å². The Morgan fingerprint density at radius 1 is 1.06 bits per heavy atom. The van der Waals surface area contributed by atoms with E-state index in [1.54, 1.807) is 7.11 Å². The quantitative estimate of drug-likeness (QED) is 0.554. The van der Waals surface area contributed by atoms with Crippen LogP contribution in [0.3, 0.4) is 0 Å². The minimum atomic E-state index is -1.82. The largest absolute Gasteiger partial charge is 0.496 e. The average molecular weight is 451 g/mol. The van der Waals surface area contributed by atoms with Crippen LogP contribution in [-0.4, -0.2) is 60.7 Å². The molecule has 168 valence electrons. The second-order valence-corrected chi connectivity index (χ2v) is 7.35. The number of methoxy groups -OCH3 is 1. The van der Waals surface area contributed by atoms with Crippen LogP contribution in [0, 0.1) is 6.92 Å². The van der Waals surface area contributed by atoms with Gasteiger partial charge < -0.3 is 25.2 Å². The predicted octanol–water partition coefficient (Wildman–Crippen LogP) is 3.24. The first-order valence-corrected chi connectivity index (χ1v) is 9.75. The molecule has 31 heavy (non-hydrogen) atoms. The zero-order valence-corrected chi connectivity index (χ0v) is 18.6. The summed E-state index contributed by atoms with van der Waals surface area (Å²) in [6.07, 6.45) is 0.809. The van der Waals surface area contributed by atoms with E-state index >= 15 is 0 Å². The average Bonchev–Trinajstić information content (AvgIpc) is 2.72. The fourth-order valence-electron chi connectivity index (χ4n) is 2.72. The van der Waals surface area contributed by atoms with Crippen molar-refractivity contribution in [3.63, 3.8) is 0 Å². The molecule has 3 N–H and O–H groups in total. The van der Waals surface area contributed by atoms with Crippen LogP contribution >= 0.6 is 11.6 Å². The standard InChI is InChI=1S/C20H25ClN2O2.C2H2O4/c1-14-17(6-5-7-19(14)25-4)20(24)22-18(12-13-23(2)3)15-8-10-16(21)11-9-15;3-1(4)2(5)6/h5-11,18H,12-13H2,1-4H3,(H,22,24);(H,3,4)(H,5,6). The van der Waals surface area contributed by atoms with Crippen molar-refractivity contribution in [2.75, 3.05) is 27.7 Å². The molecule has 9 heteroatoms. The van der Waals surface area contributed by atoms with Crippen LogP contribution in [0.2, 0.25) is 5.02 Å². The highest BCUT2D eigenvalue weighted by atomic mass is 35.5. The third-order valence-electron chi connectivity index (χ3n) is 4.37. The highest BCUT2D eigenvalue weighted by molar-refractivity contribution is 6.30. The van der Waals surface area contributed by atoms with Gasteiger partial charge in [0.1, 0.15) is 5.75 Å².